The summed E-state index contributed by atoms with van der Waals surface area (Å²) in [6.45, 7) is 0. The van der Waals surface area contributed by atoms with Crippen molar-refractivity contribution < 1.29 is 0 Å². The molecule has 1 spiro atoms. The van der Waals surface area contributed by atoms with E-state index in [1.54, 1.807) is 0 Å². The summed E-state index contributed by atoms with van der Waals surface area (Å²) in [5.74, 6) is 2.81. The zero-order valence-electron chi connectivity index (χ0n) is 4.85. The summed E-state index contributed by atoms with van der Waals surface area (Å²) in [7, 11) is 0. The highest BCUT2D eigenvalue weighted by Gasteiger charge is 2.40. The smallest absolute Gasteiger partial charge is 0.0611 e. The molecule has 1 saturated carbocycles. The number of hydrogen-bond donors (Lipinski definition) is 0. The molecule has 2 rings (SSSR count). The van der Waals surface area contributed by atoms with Crippen LogP contribution in [0.1, 0.15) is 19.3 Å². The lowest BCUT2D eigenvalue weighted by Gasteiger charge is -2.35. The van der Waals surface area contributed by atoms with E-state index in [-0.39, 0.29) is 0 Å². The largest absolute Gasteiger partial charge is 0.143 e. The van der Waals surface area contributed by atoms with E-state index in [4.69, 9.17) is 0 Å². The van der Waals surface area contributed by atoms with Gasteiger partial charge in [-0.2, -0.15) is 0 Å². The lowest BCUT2D eigenvalue weighted by atomic mass is 9.99. The highest BCUT2D eigenvalue weighted by molar-refractivity contribution is 8.21. The molecule has 8 heavy (non-hydrogen) atoms. The Morgan fingerprint density at radius 2 is 1.62 bits per heavy atom. The molecule has 0 aromatic heterocycles. The maximum absolute atomic E-state index is 2.19. The van der Waals surface area contributed by atoms with Crippen molar-refractivity contribution in [2.75, 3.05) is 11.5 Å². The Hall–Kier alpha value is 0.700. The maximum Gasteiger partial charge on any atom is 0.0611 e. The molecule has 0 N–H and O–H groups in total. The molecule has 0 unspecified atom stereocenters. The molecule has 1 aliphatic heterocycles. The molecule has 2 fully saturated rings. The van der Waals surface area contributed by atoms with Gasteiger partial charge in [0.2, 0.25) is 0 Å². The first-order chi connectivity index (χ1) is 3.91. The fraction of sp³-hybridized carbons (Fsp3) is 1.00. The van der Waals surface area contributed by atoms with Crippen molar-refractivity contribution in [3.63, 3.8) is 0 Å². The number of thioether (sulfide) groups is 2. The van der Waals surface area contributed by atoms with Crippen LogP contribution in [-0.4, -0.2) is 15.6 Å². The van der Waals surface area contributed by atoms with E-state index in [0.29, 0.717) is 0 Å². The van der Waals surface area contributed by atoms with Crippen LogP contribution < -0.4 is 0 Å². The van der Waals surface area contributed by atoms with Crippen molar-refractivity contribution in [2.45, 2.75) is 23.3 Å². The third kappa shape index (κ3) is 0.695. The molecule has 2 aliphatic rings. The van der Waals surface area contributed by atoms with Crippen molar-refractivity contribution in [3.8, 4) is 0 Å². The molecule has 0 radical (unpaired) electrons. The molecule has 1 heterocycles. The van der Waals surface area contributed by atoms with Crippen LogP contribution in [-0.2, 0) is 0 Å². The summed E-state index contributed by atoms with van der Waals surface area (Å²) in [5, 5.41) is 0. The van der Waals surface area contributed by atoms with Crippen LogP contribution in [0.15, 0.2) is 0 Å². The van der Waals surface area contributed by atoms with E-state index in [1.165, 1.54) is 30.8 Å². The van der Waals surface area contributed by atoms with E-state index in [0.717, 1.165) is 4.08 Å². The average Bonchev–Trinajstić information content (AvgIpc) is 2.07. The zero-order valence-corrected chi connectivity index (χ0v) is 6.49. The van der Waals surface area contributed by atoms with Crippen molar-refractivity contribution in [3.05, 3.63) is 0 Å². The van der Waals surface area contributed by atoms with Gasteiger partial charge in [0, 0.05) is 11.5 Å². The summed E-state index contributed by atoms with van der Waals surface area (Å²) in [5.41, 5.74) is 0. The van der Waals surface area contributed by atoms with Crippen molar-refractivity contribution in [1.82, 2.24) is 0 Å². The minimum absolute atomic E-state index is 0.750. The Labute approximate surface area is 58.8 Å². The summed E-state index contributed by atoms with van der Waals surface area (Å²) in [4.78, 5) is 0. The Morgan fingerprint density at radius 1 is 1.00 bits per heavy atom. The van der Waals surface area contributed by atoms with E-state index < -0.39 is 0 Å². The van der Waals surface area contributed by atoms with Gasteiger partial charge in [0.1, 0.15) is 0 Å². The molecule has 0 aromatic carbocycles. The first-order valence-electron chi connectivity index (χ1n) is 3.19. The fourth-order valence-electron chi connectivity index (χ4n) is 1.25. The average molecular weight is 146 g/mol. The third-order valence-electron chi connectivity index (χ3n) is 1.93. The molecule has 46 valence electrons. The van der Waals surface area contributed by atoms with Crippen molar-refractivity contribution in [2.24, 2.45) is 0 Å². The predicted octanol–water partition coefficient (Wildman–Crippen LogP) is 2.35. The molecule has 1 saturated heterocycles. The number of rotatable bonds is 0. The van der Waals surface area contributed by atoms with Crippen LogP contribution in [0.3, 0.4) is 0 Å². The van der Waals surface area contributed by atoms with E-state index >= 15 is 0 Å². The first kappa shape index (κ1) is 5.48. The number of hydrogen-bond acceptors (Lipinski definition) is 2. The standard InChI is InChI=1S/C6H10S2/c1-2-6(3-1)7-4-5-8-6/h1-5H2. The SMILES string of the molecule is C1CC2(C1)SCCS2. The first-order valence-corrected chi connectivity index (χ1v) is 5.16. The predicted molar refractivity (Wildman–Crippen MR) is 41.5 cm³/mol. The van der Waals surface area contributed by atoms with Gasteiger partial charge < -0.3 is 0 Å². The van der Waals surface area contributed by atoms with Gasteiger partial charge in [-0.05, 0) is 19.3 Å². The van der Waals surface area contributed by atoms with Crippen molar-refractivity contribution in [1.29, 1.82) is 0 Å². The highest BCUT2D eigenvalue weighted by atomic mass is 32.2. The Morgan fingerprint density at radius 3 is 1.88 bits per heavy atom. The van der Waals surface area contributed by atoms with Gasteiger partial charge in [0.05, 0.1) is 4.08 Å². The van der Waals surface area contributed by atoms with Gasteiger partial charge in [-0.1, -0.05) is 0 Å². The second-order valence-corrected chi connectivity index (χ2v) is 5.68. The molecule has 0 atom stereocenters. The van der Waals surface area contributed by atoms with Gasteiger partial charge in [0.15, 0.2) is 0 Å². The second kappa shape index (κ2) is 1.84. The molecule has 0 amide bonds. The topological polar surface area (TPSA) is 0 Å². The molecule has 2 heteroatoms. The quantitative estimate of drug-likeness (QED) is 0.514. The second-order valence-electron chi connectivity index (χ2n) is 2.46. The van der Waals surface area contributed by atoms with E-state index in [9.17, 15) is 0 Å². The van der Waals surface area contributed by atoms with Gasteiger partial charge in [-0.3, -0.25) is 0 Å². The van der Waals surface area contributed by atoms with Crippen LogP contribution in [0.25, 0.3) is 0 Å². The third-order valence-corrected chi connectivity index (χ3v) is 5.58. The van der Waals surface area contributed by atoms with E-state index in [2.05, 4.69) is 23.5 Å². The molecule has 0 bridgehead atoms. The highest BCUT2D eigenvalue weighted by Crippen LogP contribution is 2.56. The minimum atomic E-state index is 0.750. The van der Waals surface area contributed by atoms with Crippen LogP contribution >= 0.6 is 23.5 Å². The molecular weight excluding hydrogens is 136 g/mol. The summed E-state index contributed by atoms with van der Waals surface area (Å²) < 4.78 is 0.750. The Kier molecular flexibility index (Phi) is 1.26. The normalized spacial score (nSPS) is 33.0. The minimum Gasteiger partial charge on any atom is -0.143 e. The summed E-state index contributed by atoms with van der Waals surface area (Å²) in [6.07, 6.45) is 4.46. The molecule has 0 nitrogen and oxygen atoms in total. The Bertz CT molecular complexity index is 88.7. The van der Waals surface area contributed by atoms with Crippen LogP contribution in [0.4, 0.5) is 0 Å². The summed E-state index contributed by atoms with van der Waals surface area (Å²) >= 11 is 4.39. The molecule has 0 aromatic rings. The Balaban J connectivity index is 2.01. The van der Waals surface area contributed by atoms with Gasteiger partial charge in [0.25, 0.3) is 0 Å². The van der Waals surface area contributed by atoms with Gasteiger partial charge in [-0.25, -0.2) is 0 Å². The van der Waals surface area contributed by atoms with Crippen LogP contribution in [0.2, 0.25) is 0 Å². The van der Waals surface area contributed by atoms with Gasteiger partial charge >= 0.3 is 0 Å². The lowest BCUT2D eigenvalue weighted by molar-refractivity contribution is 0.487. The van der Waals surface area contributed by atoms with E-state index in [1.807, 2.05) is 0 Å². The van der Waals surface area contributed by atoms with Crippen LogP contribution in [0, 0.1) is 0 Å². The molecule has 1 aliphatic carbocycles. The maximum atomic E-state index is 2.19. The monoisotopic (exact) mass is 146 g/mol. The summed E-state index contributed by atoms with van der Waals surface area (Å²) in [6, 6.07) is 0. The van der Waals surface area contributed by atoms with Gasteiger partial charge in [-0.15, -0.1) is 23.5 Å². The lowest BCUT2D eigenvalue weighted by Crippen LogP contribution is -2.26. The van der Waals surface area contributed by atoms with Crippen LogP contribution in [0.5, 0.6) is 0 Å². The van der Waals surface area contributed by atoms with Crippen molar-refractivity contribution >= 4 is 23.5 Å². The fourth-order valence-corrected chi connectivity index (χ4v) is 4.65. The molecular formula is C6H10S2. The zero-order chi connectivity index (χ0) is 5.45.